The molecular weight excluding hydrogens is 240 g/mol. The van der Waals surface area contributed by atoms with E-state index in [-0.39, 0.29) is 5.91 Å². The Morgan fingerprint density at radius 1 is 1.37 bits per heavy atom. The molecule has 0 unspecified atom stereocenters. The van der Waals surface area contributed by atoms with E-state index in [1.54, 1.807) is 7.05 Å². The number of amides is 1. The number of rotatable bonds is 4. The van der Waals surface area contributed by atoms with Crippen molar-refractivity contribution in [1.82, 2.24) is 10.2 Å². The summed E-state index contributed by atoms with van der Waals surface area (Å²) in [4.78, 5) is 17.3. The Morgan fingerprint density at radius 2 is 2.05 bits per heavy atom. The molecule has 1 aliphatic heterocycles. The van der Waals surface area contributed by atoms with Gasteiger partial charge in [-0.3, -0.25) is 9.79 Å². The van der Waals surface area contributed by atoms with Gasteiger partial charge in [0.15, 0.2) is 5.96 Å². The number of carbonyl (C=O) groups excluding carboxylic acids is 1. The fourth-order valence-electron chi connectivity index (χ4n) is 2.13. The average molecular weight is 260 g/mol. The van der Waals surface area contributed by atoms with E-state index in [9.17, 15) is 4.79 Å². The van der Waals surface area contributed by atoms with Crippen molar-refractivity contribution in [2.75, 3.05) is 13.6 Å². The zero-order chi connectivity index (χ0) is 13.7. The van der Waals surface area contributed by atoms with E-state index >= 15 is 0 Å². The third-order valence-corrected chi connectivity index (χ3v) is 3.28. The molecule has 19 heavy (non-hydrogen) atoms. The number of guanidine groups is 1. The van der Waals surface area contributed by atoms with Crippen molar-refractivity contribution in [2.24, 2.45) is 10.7 Å². The highest BCUT2D eigenvalue weighted by Gasteiger charge is 2.19. The van der Waals surface area contributed by atoms with Gasteiger partial charge in [-0.25, -0.2) is 0 Å². The third kappa shape index (κ3) is 3.71. The van der Waals surface area contributed by atoms with Crippen LogP contribution in [-0.4, -0.2) is 30.4 Å². The SMILES string of the molecule is CN=C(N)NCc1ccc(CN2CCCC2=O)cc1. The molecule has 3 N–H and O–H groups in total. The van der Waals surface area contributed by atoms with Gasteiger partial charge in [0.05, 0.1) is 0 Å². The van der Waals surface area contributed by atoms with Gasteiger partial charge >= 0.3 is 0 Å². The van der Waals surface area contributed by atoms with Crippen LogP contribution in [0.1, 0.15) is 24.0 Å². The molecule has 2 rings (SSSR count). The molecule has 0 radical (unpaired) electrons. The van der Waals surface area contributed by atoms with Crippen molar-refractivity contribution in [1.29, 1.82) is 0 Å². The molecule has 1 aromatic carbocycles. The van der Waals surface area contributed by atoms with Crippen molar-refractivity contribution >= 4 is 11.9 Å². The van der Waals surface area contributed by atoms with E-state index in [1.165, 1.54) is 0 Å². The Morgan fingerprint density at radius 3 is 2.63 bits per heavy atom. The summed E-state index contributed by atoms with van der Waals surface area (Å²) < 4.78 is 0. The third-order valence-electron chi connectivity index (χ3n) is 3.28. The smallest absolute Gasteiger partial charge is 0.222 e. The summed E-state index contributed by atoms with van der Waals surface area (Å²) in [5.41, 5.74) is 7.87. The molecule has 102 valence electrons. The van der Waals surface area contributed by atoms with E-state index < -0.39 is 0 Å². The van der Waals surface area contributed by atoms with E-state index in [0.717, 1.165) is 24.1 Å². The van der Waals surface area contributed by atoms with Crippen LogP contribution < -0.4 is 11.1 Å². The lowest BCUT2D eigenvalue weighted by atomic mass is 10.1. The minimum absolute atomic E-state index is 0.262. The topological polar surface area (TPSA) is 70.7 Å². The van der Waals surface area contributed by atoms with E-state index in [0.29, 0.717) is 25.5 Å². The number of likely N-dealkylation sites (tertiary alicyclic amines) is 1. The maximum absolute atomic E-state index is 11.5. The van der Waals surface area contributed by atoms with Crippen LogP contribution in [0.3, 0.4) is 0 Å². The van der Waals surface area contributed by atoms with Crippen molar-refractivity contribution in [2.45, 2.75) is 25.9 Å². The summed E-state index contributed by atoms with van der Waals surface area (Å²) in [6.45, 7) is 2.25. The molecule has 0 aliphatic carbocycles. The molecule has 1 fully saturated rings. The van der Waals surface area contributed by atoms with Gasteiger partial charge in [0.25, 0.3) is 0 Å². The lowest BCUT2D eigenvalue weighted by Gasteiger charge is -2.15. The van der Waals surface area contributed by atoms with Crippen LogP contribution in [0.25, 0.3) is 0 Å². The number of nitrogens with zero attached hydrogens (tertiary/aromatic N) is 2. The summed E-state index contributed by atoms with van der Waals surface area (Å²) in [6, 6.07) is 8.21. The molecule has 1 aromatic rings. The lowest BCUT2D eigenvalue weighted by Crippen LogP contribution is -2.30. The molecule has 0 bridgehead atoms. The highest BCUT2D eigenvalue weighted by atomic mass is 16.2. The second kappa shape index (κ2) is 6.22. The standard InChI is InChI=1S/C14H20N4O/c1-16-14(15)17-9-11-4-6-12(7-5-11)10-18-8-2-3-13(18)19/h4-7H,2-3,8-10H2,1H3,(H3,15,16,17). The number of hydrogen-bond acceptors (Lipinski definition) is 2. The summed E-state index contributed by atoms with van der Waals surface area (Å²) >= 11 is 0. The second-order valence-electron chi connectivity index (χ2n) is 4.70. The molecular formula is C14H20N4O. The fraction of sp³-hybridized carbons (Fsp3) is 0.429. The van der Waals surface area contributed by atoms with Gasteiger partial charge in [-0.2, -0.15) is 0 Å². The van der Waals surface area contributed by atoms with Gasteiger partial charge in [0.2, 0.25) is 5.91 Å². The number of aliphatic imine (C=N–C) groups is 1. The highest BCUT2D eigenvalue weighted by Crippen LogP contribution is 2.14. The normalized spacial score (nSPS) is 15.9. The van der Waals surface area contributed by atoms with Crippen LogP contribution in [-0.2, 0) is 17.9 Å². The molecule has 1 heterocycles. The number of carbonyl (C=O) groups is 1. The Balaban J connectivity index is 1.89. The quantitative estimate of drug-likeness (QED) is 0.622. The fourth-order valence-corrected chi connectivity index (χ4v) is 2.13. The zero-order valence-corrected chi connectivity index (χ0v) is 11.2. The van der Waals surface area contributed by atoms with Crippen LogP contribution in [0.15, 0.2) is 29.3 Å². The average Bonchev–Trinajstić information content (AvgIpc) is 2.83. The van der Waals surface area contributed by atoms with Gasteiger partial charge in [0, 0.05) is 33.1 Å². The van der Waals surface area contributed by atoms with Crippen molar-refractivity contribution in [3.63, 3.8) is 0 Å². The maximum Gasteiger partial charge on any atom is 0.222 e. The first-order valence-corrected chi connectivity index (χ1v) is 6.51. The van der Waals surface area contributed by atoms with E-state index in [2.05, 4.69) is 22.4 Å². The van der Waals surface area contributed by atoms with Crippen LogP contribution in [0.4, 0.5) is 0 Å². The Labute approximate surface area is 113 Å². The minimum Gasteiger partial charge on any atom is -0.370 e. The second-order valence-corrected chi connectivity index (χ2v) is 4.70. The number of nitrogens with two attached hydrogens (primary N) is 1. The van der Waals surface area contributed by atoms with Gasteiger partial charge in [0.1, 0.15) is 0 Å². The van der Waals surface area contributed by atoms with Crippen molar-refractivity contribution in [3.8, 4) is 0 Å². The highest BCUT2D eigenvalue weighted by molar-refractivity contribution is 5.78. The maximum atomic E-state index is 11.5. The molecule has 5 nitrogen and oxygen atoms in total. The van der Waals surface area contributed by atoms with Gasteiger partial charge in [-0.05, 0) is 17.5 Å². The molecule has 0 aromatic heterocycles. The molecule has 0 atom stereocenters. The minimum atomic E-state index is 0.262. The summed E-state index contributed by atoms with van der Waals surface area (Å²) in [5, 5.41) is 3.01. The molecule has 1 amide bonds. The predicted octanol–water partition coefficient (Wildman–Crippen LogP) is 0.843. The van der Waals surface area contributed by atoms with Gasteiger partial charge in [-0.15, -0.1) is 0 Å². The van der Waals surface area contributed by atoms with Crippen LogP contribution in [0.2, 0.25) is 0 Å². The van der Waals surface area contributed by atoms with Gasteiger partial charge < -0.3 is 16.0 Å². The summed E-state index contributed by atoms with van der Waals surface area (Å²) in [7, 11) is 1.65. The van der Waals surface area contributed by atoms with E-state index in [4.69, 9.17) is 5.73 Å². The van der Waals surface area contributed by atoms with Crippen LogP contribution in [0.5, 0.6) is 0 Å². The molecule has 1 saturated heterocycles. The lowest BCUT2D eigenvalue weighted by molar-refractivity contribution is -0.128. The molecule has 5 heteroatoms. The van der Waals surface area contributed by atoms with Crippen molar-refractivity contribution in [3.05, 3.63) is 35.4 Å². The number of hydrogen-bond donors (Lipinski definition) is 2. The molecule has 1 aliphatic rings. The number of benzene rings is 1. The monoisotopic (exact) mass is 260 g/mol. The largest absolute Gasteiger partial charge is 0.370 e. The summed E-state index contributed by atoms with van der Waals surface area (Å²) in [6.07, 6.45) is 1.67. The predicted molar refractivity (Wildman–Crippen MR) is 75.5 cm³/mol. The molecule has 0 spiro atoms. The first-order valence-electron chi connectivity index (χ1n) is 6.51. The number of nitrogens with one attached hydrogen (secondary N) is 1. The van der Waals surface area contributed by atoms with Crippen molar-refractivity contribution < 1.29 is 4.79 Å². The Kier molecular flexibility index (Phi) is 4.39. The van der Waals surface area contributed by atoms with Crippen LogP contribution in [0, 0.1) is 0 Å². The molecule has 0 saturated carbocycles. The summed E-state index contributed by atoms with van der Waals surface area (Å²) in [5.74, 6) is 0.699. The van der Waals surface area contributed by atoms with E-state index in [1.807, 2.05) is 17.0 Å². The Hall–Kier alpha value is -2.04. The first-order chi connectivity index (χ1) is 9.19. The Bertz CT molecular complexity index is 467. The first kappa shape index (κ1) is 13.4. The van der Waals surface area contributed by atoms with Crippen LogP contribution >= 0.6 is 0 Å². The zero-order valence-electron chi connectivity index (χ0n) is 11.2. The van der Waals surface area contributed by atoms with Gasteiger partial charge in [-0.1, -0.05) is 24.3 Å².